The van der Waals surface area contributed by atoms with Crippen molar-refractivity contribution in [3.63, 3.8) is 0 Å². The number of amides is 2. The highest BCUT2D eigenvalue weighted by atomic mass is 35.5. The maximum Gasteiger partial charge on any atom is 0.404 e. The smallest absolute Gasteiger partial charge is 0.404 e. The van der Waals surface area contributed by atoms with Crippen molar-refractivity contribution in [1.82, 2.24) is 20.0 Å². The minimum atomic E-state index is -1.18. The van der Waals surface area contributed by atoms with Crippen LogP contribution in [0.25, 0.3) is 5.65 Å². The Kier molecular flexibility index (Phi) is 7.14. The zero-order valence-corrected chi connectivity index (χ0v) is 18.0. The zero-order valence-electron chi connectivity index (χ0n) is 17.3. The number of rotatable bonds is 8. The van der Waals surface area contributed by atoms with E-state index in [1.807, 2.05) is 0 Å². The molecule has 2 aromatic heterocycles. The van der Waals surface area contributed by atoms with Crippen molar-refractivity contribution in [2.45, 2.75) is 32.9 Å². The summed E-state index contributed by atoms with van der Waals surface area (Å²) in [6, 6.07) is 4.48. The second-order valence-corrected chi connectivity index (χ2v) is 7.45. The molecule has 11 heteroatoms. The van der Waals surface area contributed by atoms with E-state index in [9.17, 15) is 18.4 Å². The number of carbonyl (C=O) groups is 2. The maximum absolute atomic E-state index is 13.9. The van der Waals surface area contributed by atoms with Crippen molar-refractivity contribution >= 4 is 29.2 Å². The Labute approximate surface area is 187 Å². The monoisotopic (exact) mass is 466 g/mol. The Morgan fingerprint density at radius 2 is 2.00 bits per heavy atom. The molecule has 3 aromatic rings. The molecule has 0 saturated carbocycles. The summed E-state index contributed by atoms with van der Waals surface area (Å²) in [6.07, 6.45) is 0.765. The van der Waals surface area contributed by atoms with E-state index >= 15 is 0 Å². The van der Waals surface area contributed by atoms with Crippen LogP contribution in [0, 0.1) is 18.6 Å². The molecule has 0 fully saturated rings. The number of fused-ring (bicyclic) bond motifs is 1. The van der Waals surface area contributed by atoms with Gasteiger partial charge in [0, 0.05) is 24.8 Å². The van der Waals surface area contributed by atoms with Crippen LogP contribution in [0.5, 0.6) is 5.75 Å². The number of aryl methyl sites for hydroxylation is 1. The van der Waals surface area contributed by atoms with E-state index in [0.717, 1.165) is 12.1 Å². The van der Waals surface area contributed by atoms with E-state index in [4.69, 9.17) is 21.4 Å². The van der Waals surface area contributed by atoms with Crippen molar-refractivity contribution < 1.29 is 28.2 Å². The largest absolute Gasteiger partial charge is 0.485 e. The minimum Gasteiger partial charge on any atom is -0.485 e. The van der Waals surface area contributed by atoms with E-state index < -0.39 is 36.3 Å². The molecule has 0 unspecified atom stereocenters. The van der Waals surface area contributed by atoms with Gasteiger partial charge < -0.3 is 20.5 Å². The Hall–Kier alpha value is -3.40. The third-order valence-corrected chi connectivity index (χ3v) is 5.01. The molecule has 1 atom stereocenters. The molecule has 0 bridgehead atoms. The van der Waals surface area contributed by atoms with Gasteiger partial charge in [0.25, 0.3) is 5.91 Å². The van der Waals surface area contributed by atoms with Crippen molar-refractivity contribution in [2.75, 3.05) is 6.54 Å². The molecule has 0 aliphatic rings. The van der Waals surface area contributed by atoms with Crippen LogP contribution < -0.4 is 15.4 Å². The first-order valence-corrected chi connectivity index (χ1v) is 10.1. The van der Waals surface area contributed by atoms with E-state index in [2.05, 4.69) is 15.6 Å². The van der Waals surface area contributed by atoms with E-state index in [-0.39, 0.29) is 34.2 Å². The summed E-state index contributed by atoms with van der Waals surface area (Å²) < 4.78 is 34.9. The average Bonchev–Trinajstić information content (AvgIpc) is 3.05. The summed E-state index contributed by atoms with van der Waals surface area (Å²) in [7, 11) is 0. The Morgan fingerprint density at radius 1 is 1.31 bits per heavy atom. The van der Waals surface area contributed by atoms with Crippen LogP contribution in [0.15, 0.2) is 30.5 Å². The summed E-state index contributed by atoms with van der Waals surface area (Å²) in [5.74, 6) is -1.85. The summed E-state index contributed by atoms with van der Waals surface area (Å²) >= 11 is 6.18. The van der Waals surface area contributed by atoms with Gasteiger partial charge in [0.05, 0.1) is 16.3 Å². The van der Waals surface area contributed by atoms with Crippen LogP contribution in [0.4, 0.5) is 13.6 Å². The van der Waals surface area contributed by atoms with Crippen LogP contribution in [-0.2, 0) is 6.61 Å². The number of nitrogens with zero attached hydrogens (tertiary/aromatic N) is 2. The molecule has 1 aromatic carbocycles. The lowest BCUT2D eigenvalue weighted by Crippen LogP contribution is -2.43. The van der Waals surface area contributed by atoms with Gasteiger partial charge in [-0.05, 0) is 25.5 Å². The van der Waals surface area contributed by atoms with Gasteiger partial charge in [0.2, 0.25) is 0 Å². The molecule has 170 valence electrons. The second kappa shape index (κ2) is 9.82. The number of hydrogen-bond donors (Lipinski definition) is 3. The van der Waals surface area contributed by atoms with Gasteiger partial charge >= 0.3 is 6.09 Å². The number of carbonyl (C=O) groups excluding carboxylic acids is 1. The number of benzene rings is 1. The van der Waals surface area contributed by atoms with Gasteiger partial charge in [-0.1, -0.05) is 24.6 Å². The molecule has 8 nitrogen and oxygen atoms in total. The quantitative estimate of drug-likeness (QED) is 0.466. The van der Waals surface area contributed by atoms with Crippen LogP contribution in [-0.4, -0.2) is 39.1 Å². The number of halogens is 3. The number of pyridine rings is 1. The van der Waals surface area contributed by atoms with Crippen LogP contribution in [0.2, 0.25) is 5.02 Å². The molecular weight excluding hydrogens is 446 g/mol. The van der Waals surface area contributed by atoms with Gasteiger partial charge in [0.15, 0.2) is 11.4 Å². The number of nitrogens with one attached hydrogen (secondary N) is 2. The summed E-state index contributed by atoms with van der Waals surface area (Å²) in [4.78, 5) is 28.0. The standard InChI is InChI=1S/C21H21ClF2N4O4/c1-3-13(27-21(30)31)8-25-20(29)18-11(2)26-19-17(7-12(22)9-28(18)19)32-10-14-15(23)5-4-6-16(14)24/h4-7,9,13,27H,3,8,10H2,1-2H3,(H,25,29)(H,30,31)/t13-/m1/s1. The van der Waals surface area contributed by atoms with Gasteiger partial charge in [-0.25, -0.2) is 18.6 Å². The molecule has 3 rings (SSSR count). The van der Waals surface area contributed by atoms with Crippen molar-refractivity contribution in [2.24, 2.45) is 0 Å². The lowest BCUT2D eigenvalue weighted by molar-refractivity contribution is 0.0941. The topological polar surface area (TPSA) is 105 Å². The number of imidazole rings is 1. The number of carboxylic acid groups (broad SMARTS) is 1. The number of hydrogen-bond acceptors (Lipinski definition) is 4. The first-order valence-electron chi connectivity index (χ1n) is 9.72. The third kappa shape index (κ3) is 5.08. The molecule has 32 heavy (non-hydrogen) atoms. The number of aromatic nitrogens is 2. The van der Waals surface area contributed by atoms with Crippen LogP contribution in [0.3, 0.4) is 0 Å². The lowest BCUT2D eigenvalue weighted by Gasteiger charge is -2.15. The molecule has 2 amide bonds. The lowest BCUT2D eigenvalue weighted by atomic mass is 10.2. The molecular formula is C21H21ClF2N4O4. The van der Waals surface area contributed by atoms with E-state index in [1.165, 1.54) is 22.7 Å². The summed E-state index contributed by atoms with van der Waals surface area (Å²) in [6.45, 7) is 3.07. The first kappa shape index (κ1) is 23.3. The minimum absolute atomic E-state index is 0.0742. The number of ether oxygens (including phenoxy) is 1. The molecule has 3 N–H and O–H groups in total. The van der Waals surface area contributed by atoms with Crippen LogP contribution in [0.1, 0.15) is 35.1 Å². The Bertz CT molecular complexity index is 1150. The average molecular weight is 467 g/mol. The zero-order chi connectivity index (χ0) is 23.4. The Morgan fingerprint density at radius 3 is 2.62 bits per heavy atom. The first-order chi connectivity index (χ1) is 15.2. The summed E-state index contributed by atoms with van der Waals surface area (Å²) in [5, 5.41) is 14.1. The van der Waals surface area contributed by atoms with Gasteiger partial charge in [-0.2, -0.15) is 0 Å². The van der Waals surface area contributed by atoms with Gasteiger partial charge in [-0.15, -0.1) is 0 Å². The third-order valence-electron chi connectivity index (χ3n) is 4.81. The fourth-order valence-electron chi connectivity index (χ4n) is 3.17. The highest BCUT2D eigenvalue weighted by Gasteiger charge is 2.21. The Balaban J connectivity index is 1.87. The molecule has 0 aliphatic carbocycles. The van der Waals surface area contributed by atoms with E-state index in [0.29, 0.717) is 12.1 Å². The van der Waals surface area contributed by atoms with Crippen molar-refractivity contribution in [3.8, 4) is 5.75 Å². The molecule has 0 radical (unpaired) electrons. The van der Waals surface area contributed by atoms with Crippen molar-refractivity contribution in [3.05, 3.63) is 64.1 Å². The fourth-order valence-corrected chi connectivity index (χ4v) is 3.36. The highest BCUT2D eigenvalue weighted by Crippen LogP contribution is 2.28. The van der Waals surface area contributed by atoms with Gasteiger partial charge in [-0.3, -0.25) is 9.20 Å². The van der Waals surface area contributed by atoms with Gasteiger partial charge in [0.1, 0.15) is 23.9 Å². The molecule has 2 heterocycles. The summed E-state index contributed by atoms with van der Waals surface area (Å²) in [5.41, 5.74) is 0.536. The highest BCUT2D eigenvalue weighted by molar-refractivity contribution is 6.30. The molecule has 0 spiro atoms. The normalized spacial score (nSPS) is 11.9. The SMILES string of the molecule is CC[C@H](CNC(=O)c1c(C)nc2c(OCc3c(F)cccc3F)cc(Cl)cn12)NC(=O)O. The maximum atomic E-state index is 13.9. The van der Waals surface area contributed by atoms with E-state index in [1.54, 1.807) is 13.8 Å². The molecule has 0 aliphatic heterocycles. The van der Waals surface area contributed by atoms with Crippen molar-refractivity contribution in [1.29, 1.82) is 0 Å². The van der Waals surface area contributed by atoms with Crippen LogP contribution >= 0.6 is 11.6 Å². The predicted octanol–water partition coefficient (Wildman–Crippen LogP) is 3.93. The fraction of sp³-hybridized carbons (Fsp3) is 0.286. The second-order valence-electron chi connectivity index (χ2n) is 7.02. The predicted molar refractivity (Wildman–Crippen MR) is 113 cm³/mol. The molecule has 0 saturated heterocycles.